The van der Waals surface area contributed by atoms with Crippen LogP contribution in [0.25, 0.3) is 11.3 Å². The molecule has 3 aromatic rings. The molecule has 0 aliphatic rings. The maximum atomic E-state index is 12.6. The van der Waals surface area contributed by atoms with Crippen LogP contribution in [-0.2, 0) is 6.42 Å². The number of aromatic nitrogens is 4. The lowest BCUT2D eigenvalue weighted by Gasteiger charge is -2.23. The van der Waals surface area contributed by atoms with Gasteiger partial charge in [0.15, 0.2) is 0 Å². The highest BCUT2D eigenvalue weighted by Crippen LogP contribution is 2.23. The monoisotopic (exact) mass is 335 g/mol. The van der Waals surface area contributed by atoms with Crippen LogP contribution in [-0.4, -0.2) is 38.0 Å². The summed E-state index contributed by atoms with van der Waals surface area (Å²) in [4.78, 5) is 22.7. The van der Waals surface area contributed by atoms with Gasteiger partial charge in [0.05, 0.1) is 23.0 Å². The van der Waals surface area contributed by atoms with Gasteiger partial charge in [-0.3, -0.25) is 9.89 Å². The summed E-state index contributed by atoms with van der Waals surface area (Å²) in [5, 5.41) is 7.39. The first kappa shape index (κ1) is 16.8. The predicted octanol–water partition coefficient (Wildman–Crippen LogP) is 3.26. The molecule has 2 aromatic heterocycles. The van der Waals surface area contributed by atoms with Crippen molar-refractivity contribution in [2.75, 3.05) is 7.05 Å². The topological polar surface area (TPSA) is 74.8 Å². The summed E-state index contributed by atoms with van der Waals surface area (Å²) in [6.07, 6.45) is 3.91. The fourth-order valence-corrected chi connectivity index (χ4v) is 2.54. The highest BCUT2D eigenvalue weighted by Gasteiger charge is 2.21. The third kappa shape index (κ3) is 3.57. The Kier molecular flexibility index (Phi) is 4.88. The number of benzene rings is 1. The number of hydrogen-bond acceptors (Lipinski definition) is 4. The van der Waals surface area contributed by atoms with E-state index in [2.05, 4.69) is 20.2 Å². The van der Waals surface area contributed by atoms with E-state index in [1.165, 1.54) is 0 Å². The lowest BCUT2D eigenvalue weighted by atomic mass is 10.1. The van der Waals surface area contributed by atoms with Gasteiger partial charge in [-0.2, -0.15) is 5.10 Å². The molecule has 1 amide bonds. The molecule has 1 unspecified atom stereocenters. The maximum Gasteiger partial charge on any atom is 0.257 e. The quantitative estimate of drug-likeness (QED) is 0.776. The summed E-state index contributed by atoms with van der Waals surface area (Å²) in [6.45, 7) is 3.94. The minimum atomic E-state index is -0.150. The molecule has 6 nitrogen and oxygen atoms in total. The number of carbonyl (C=O) groups excluding carboxylic acids is 1. The normalized spacial score (nSPS) is 12.0. The molecule has 0 spiro atoms. The molecule has 25 heavy (non-hydrogen) atoms. The molecule has 0 fully saturated rings. The highest BCUT2D eigenvalue weighted by molar-refractivity contribution is 5.93. The molecular weight excluding hydrogens is 314 g/mol. The molecule has 3 rings (SSSR count). The van der Waals surface area contributed by atoms with E-state index >= 15 is 0 Å². The van der Waals surface area contributed by atoms with Crippen LogP contribution >= 0.6 is 0 Å². The molecule has 1 N–H and O–H groups in total. The molecule has 2 heterocycles. The number of nitrogens with one attached hydrogen (secondary N) is 1. The SMILES string of the molecule is CCc1ncc(C(=O)N(C)C(C)c2cc(-c3ccccc3)n[nH]2)cn1. The van der Waals surface area contributed by atoms with Gasteiger partial charge in [0.2, 0.25) is 0 Å². The van der Waals surface area contributed by atoms with Crippen LogP contribution in [0, 0.1) is 0 Å². The molecule has 0 saturated heterocycles. The van der Waals surface area contributed by atoms with Gasteiger partial charge >= 0.3 is 0 Å². The van der Waals surface area contributed by atoms with Crippen molar-refractivity contribution in [2.45, 2.75) is 26.3 Å². The van der Waals surface area contributed by atoms with Crippen LogP contribution in [0.5, 0.6) is 0 Å². The van der Waals surface area contributed by atoms with Gasteiger partial charge in [-0.1, -0.05) is 37.3 Å². The van der Waals surface area contributed by atoms with Crippen molar-refractivity contribution < 1.29 is 4.79 Å². The average molecular weight is 335 g/mol. The maximum absolute atomic E-state index is 12.6. The summed E-state index contributed by atoms with van der Waals surface area (Å²) >= 11 is 0. The van der Waals surface area contributed by atoms with Crippen molar-refractivity contribution in [1.29, 1.82) is 0 Å². The van der Waals surface area contributed by atoms with E-state index in [0.29, 0.717) is 5.56 Å². The fraction of sp³-hybridized carbons (Fsp3) is 0.263. The van der Waals surface area contributed by atoms with Gasteiger partial charge in [-0.05, 0) is 13.0 Å². The average Bonchev–Trinajstić information content (AvgIpc) is 3.17. The zero-order valence-corrected chi connectivity index (χ0v) is 14.6. The Morgan fingerprint density at radius 3 is 2.52 bits per heavy atom. The Bertz CT molecular complexity index is 842. The molecular formula is C19H21N5O. The van der Waals surface area contributed by atoms with Crippen LogP contribution in [0.1, 0.15) is 41.8 Å². The second-order valence-corrected chi connectivity index (χ2v) is 5.91. The number of aromatic amines is 1. The minimum absolute atomic E-state index is 0.119. The Morgan fingerprint density at radius 1 is 1.20 bits per heavy atom. The predicted molar refractivity (Wildman–Crippen MR) is 95.9 cm³/mol. The van der Waals surface area contributed by atoms with E-state index in [1.54, 1.807) is 24.3 Å². The number of aryl methyl sites for hydroxylation is 1. The van der Waals surface area contributed by atoms with Crippen molar-refractivity contribution in [1.82, 2.24) is 25.1 Å². The van der Waals surface area contributed by atoms with Gasteiger partial charge in [-0.25, -0.2) is 9.97 Å². The summed E-state index contributed by atoms with van der Waals surface area (Å²) in [5.41, 5.74) is 3.25. The standard InChI is InChI=1S/C19H21N5O/c1-4-18-20-11-15(12-21-18)19(25)24(3)13(2)16-10-17(23-22-16)14-8-6-5-7-9-14/h5-13H,4H2,1-3H3,(H,22,23). The van der Waals surface area contributed by atoms with E-state index in [-0.39, 0.29) is 11.9 Å². The van der Waals surface area contributed by atoms with Gasteiger partial charge < -0.3 is 4.90 Å². The van der Waals surface area contributed by atoms with E-state index < -0.39 is 0 Å². The van der Waals surface area contributed by atoms with Gasteiger partial charge in [0.25, 0.3) is 5.91 Å². The van der Waals surface area contributed by atoms with Crippen molar-refractivity contribution in [3.05, 3.63) is 65.9 Å². The van der Waals surface area contributed by atoms with Crippen molar-refractivity contribution in [3.8, 4) is 11.3 Å². The Morgan fingerprint density at radius 2 is 1.88 bits per heavy atom. The number of amides is 1. The largest absolute Gasteiger partial charge is 0.333 e. The number of rotatable bonds is 5. The fourth-order valence-electron chi connectivity index (χ4n) is 2.54. The summed E-state index contributed by atoms with van der Waals surface area (Å²) in [7, 11) is 1.77. The first-order chi connectivity index (χ1) is 12.1. The smallest absolute Gasteiger partial charge is 0.257 e. The van der Waals surface area contributed by atoms with Crippen molar-refractivity contribution in [2.24, 2.45) is 0 Å². The molecule has 0 aliphatic heterocycles. The first-order valence-electron chi connectivity index (χ1n) is 8.29. The second-order valence-electron chi connectivity index (χ2n) is 5.91. The van der Waals surface area contributed by atoms with Crippen LogP contribution in [0.2, 0.25) is 0 Å². The minimum Gasteiger partial charge on any atom is -0.333 e. The molecule has 128 valence electrons. The number of carbonyl (C=O) groups is 1. The van der Waals surface area contributed by atoms with Crippen LogP contribution in [0.3, 0.4) is 0 Å². The lowest BCUT2D eigenvalue weighted by Crippen LogP contribution is -2.30. The summed E-state index contributed by atoms with van der Waals surface area (Å²) in [5.74, 6) is 0.610. The van der Waals surface area contributed by atoms with E-state index in [9.17, 15) is 4.79 Å². The van der Waals surface area contributed by atoms with E-state index in [4.69, 9.17) is 0 Å². The zero-order valence-electron chi connectivity index (χ0n) is 14.6. The Balaban J connectivity index is 1.76. The van der Waals surface area contributed by atoms with Crippen molar-refractivity contribution >= 4 is 5.91 Å². The first-order valence-corrected chi connectivity index (χ1v) is 8.29. The number of hydrogen-bond donors (Lipinski definition) is 1. The Labute approximate surface area is 146 Å². The second kappa shape index (κ2) is 7.25. The molecule has 1 atom stereocenters. The zero-order chi connectivity index (χ0) is 17.8. The molecule has 0 bridgehead atoms. The Hall–Kier alpha value is -3.02. The highest BCUT2D eigenvalue weighted by atomic mass is 16.2. The van der Waals surface area contributed by atoms with Crippen LogP contribution in [0.4, 0.5) is 0 Å². The number of H-pyrrole nitrogens is 1. The summed E-state index contributed by atoms with van der Waals surface area (Å²) < 4.78 is 0. The van der Waals surface area contributed by atoms with Gasteiger partial charge in [0.1, 0.15) is 5.82 Å². The summed E-state index contributed by atoms with van der Waals surface area (Å²) in [6, 6.07) is 11.8. The van der Waals surface area contributed by atoms with E-state index in [1.807, 2.05) is 50.2 Å². The van der Waals surface area contributed by atoms with Gasteiger partial charge in [-0.15, -0.1) is 0 Å². The van der Waals surface area contributed by atoms with E-state index in [0.717, 1.165) is 29.2 Å². The number of nitrogens with zero attached hydrogens (tertiary/aromatic N) is 4. The molecule has 6 heteroatoms. The molecule has 0 saturated carbocycles. The third-order valence-electron chi connectivity index (χ3n) is 4.29. The molecule has 0 aliphatic carbocycles. The van der Waals surface area contributed by atoms with Crippen LogP contribution < -0.4 is 0 Å². The lowest BCUT2D eigenvalue weighted by molar-refractivity contribution is 0.0739. The van der Waals surface area contributed by atoms with Gasteiger partial charge in [0, 0.05) is 31.4 Å². The third-order valence-corrected chi connectivity index (χ3v) is 4.29. The molecule has 0 radical (unpaired) electrons. The van der Waals surface area contributed by atoms with Crippen molar-refractivity contribution in [3.63, 3.8) is 0 Å². The van der Waals surface area contributed by atoms with Crippen LogP contribution in [0.15, 0.2) is 48.8 Å². The molecule has 1 aromatic carbocycles.